The molecule has 19 heavy (non-hydrogen) atoms. The summed E-state index contributed by atoms with van der Waals surface area (Å²) < 4.78 is 12.8. The average Bonchev–Trinajstić information content (AvgIpc) is 2.87. The number of aromatic nitrogens is 1. The van der Waals surface area contributed by atoms with E-state index in [0.717, 1.165) is 34.9 Å². The van der Waals surface area contributed by atoms with Gasteiger partial charge in [0, 0.05) is 17.1 Å². The van der Waals surface area contributed by atoms with Gasteiger partial charge in [0.05, 0.1) is 0 Å². The van der Waals surface area contributed by atoms with E-state index in [1.807, 2.05) is 18.3 Å². The summed E-state index contributed by atoms with van der Waals surface area (Å²) >= 11 is 0. The summed E-state index contributed by atoms with van der Waals surface area (Å²) in [5.41, 5.74) is 3.10. The van der Waals surface area contributed by atoms with Crippen molar-refractivity contribution in [2.75, 3.05) is 0 Å². The second-order valence-electron chi connectivity index (χ2n) is 4.68. The van der Waals surface area contributed by atoms with Crippen LogP contribution in [0.2, 0.25) is 0 Å². The van der Waals surface area contributed by atoms with Gasteiger partial charge in [-0.05, 0) is 54.3 Å². The molecule has 1 heterocycles. The molecular formula is C16H14FNO. The van der Waals surface area contributed by atoms with E-state index in [1.165, 1.54) is 12.1 Å². The Morgan fingerprint density at radius 3 is 2.47 bits per heavy atom. The van der Waals surface area contributed by atoms with Crippen molar-refractivity contribution in [2.24, 2.45) is 0 Å². The van der Waals surface area contributed by atoms with Gasteiger partial charge in [-0.25, -0.2) is 4.39 Å². The lowest BCUT2D eigenvalue weighted by Crippen LogP contribution is -1.91. The predicted octanol–water partition coefficient (Wildman–Crippen LogP) is 3.80. The fourth-order valence-corrected chi connectivity index (χ4v) is 2.29. The van der Waals surface area contributed by atoms with E-state index >= 15 is 0 Å². The number of benzene rings is 2. The molecule has 0 bridgehead atoms. The lowest BCUT2D eigenvalue weighted by atomic mass is 10.0. The molecule has 0 saturated carbocycles. The van der Waals surface area contributed by atoms with Gasteiger partial charge in [-0.3, -0.25) is 0 Å². The highest BCUT2D eigenvalue weighted by Crippen LogP contribution is 2.26. The molecule has 0 spiro atoms. The lowest BCUT2D eigenvalue weighted by molar-refractivity contribution is 0.481. The first-order chi connectivity index (χ1) is 9.22. The third kappa shape index (κ3) is 2.45. The summed E-state index contributed by atoms with van der Waals surface area (Å²) in [5, 5.41) is 10.7. The molecule has 0 saturated heterocycles. The van der Waals surface area contributed by atoms with Crippen LogP contribution >= 0.6 is 0 Å². The largest absolute Gasteiger partial charge is 0.507 e. The second kappa shape index (κ2) is 4.76. The van der Waals surface area contributed by atoms with Crippen LogP contribution in [0.15, 0.2) is 48.7 Å². The molecule has 0 unspecified atom stereocenters. The molecular weight excluding hydrogens is 241 g/mol. The number of phenolic OH excluding ortho intramolecular Hbond substituents is 1. The van der Waals surface area contributed by atoms with E-state index in [4.69, 9.17) is 0 Å². The zero-order valence-electron chi connectivity index (χ0n) is 10.4. The Labute approximate surface area is 110 Å². The number of aryl methyl sites for hydroxylation is 2. The maximum atomic E-state index is 12.8. The normalized spacial score (nSPS) is 11.0. The molecule has 0 fully saturated rings. The highest BCUT2D eigenvalue weighted by atomic mass is 19.1. The minimum Gasteiger partial charge on any atom is -0.507 e. The van der Waals surface area contributed by atoms with Crippen molar-refractivity contribution < 1.29 is 9.50 Å². The Hall–Kier alpha value is -2.29. The van der Waals surface area contributed by atoms with Crippen molar-refractivity contribution in [3.63, 3.8) is 0 Å². The first kappa shape index (κ1) is 11.8. The van der Waals surface area contributed by atoms with Crippen LogP contribution in [-0.4, -0.2) is 10.1 Å². The van der Waals surface area contributed by atoms with E-state index in [9.17, 15) is 9.50 Å². The first-order valence-electron chi connectivity index (χ1n) is 6.26. The van der Waals surface area contributed by atoms with Crippen molar-refractivity contribution in [1.82, 2.24) is 4.98 Å². The Bertz CT molecular complexity index is 700. The summed E-state index contributed by atoms with van der Waals surface area (Å²) in [6.45, 7) is 0. The summed E-state index contributed by atoms with van der Waals surface area (Å²) in [6, 6.07) is 12.2. The number of aromatic hydroxyl groups is 1. The lowest BCUT2D eigenvalue weighted by Gasteiger charge is -2.04. The third-order valence-corrected chi connectivity index (χ3v) is 3.32. The van der Waals surface area contributed by atoms with Crippen LogP contribution in [0.4, 0.5) is 4.39 Å². The Balaban J connectivity index is 1.79. The van der Waals surface area contributed by atoms with Crippen LogP contribution in [0.3, 0.4) is 0 Å². The Morgan fingerprint density at radius 2 is 1.68 bits per heavy atom. The van der Waals surface area contributed by atoms with Gasteiger partial charge in [0.1, 0.15) is 11.6 Å². The molecule has 2 nitrogen and oxygen atoms in total. The average molecular weight is 255 g/mol. The number of phenols is 1. The van der Waals surface area contributed by atoms with Gasteiger partial charge in [-0.2, -0.15) is 0 Å². The molecule has 0 radical (unpaired) electrons. The van der Waals surface area contributed by atoms with Crippen molar-refractivity contribution in [1.29, 1.82) is 0 Å². The number of fused-ring (bicyclic) bond motifs is 1. The van der Waals surface area contributed by atoms with Gasteiger partial charge < -0.3 is 10.1 Å². The number of halogens is 1. The van der Waals surface area contributed by atoms with Crippen LogP contribution in [-0.2, 0) is 12.8 Å². The molecule has 3 heteroatoms. The number of nitrogens with one attached hydrogen (secondary N) is 1. The first-order valence-corrected chi connectivity index (χ1v) is 6.26. The van der Waals surface area contributed by atoms with E-state index < -0.39 is 0 Å². The molecule has 1 aromatic heterocycles. The molecule has 96 valence electrons. The van der Waals surface area contributed by atoms with Crippen LogP contribution in [0, 0.1) is 5.82 Å². The molecule has 2 N–H and O–H groups in total. The minimum absolute atomic E-state index is 0.214. The number of H-pyrrole nitrogens is 1. The quantitative estimate of drug-likeness (QED) is 0.733. The predicted molar refractivity (Wildman–Crippen MR) is 73.8 cm³/mol. The second-order valence-corrected chi connectivity index (χ2v) is 4.68. The van der Waals surface area contributed by atoms with Gasteiger partial charge in [0.25, 0.3) is 0 Å². The number of hydrogen-bond donors (Lipinski definition) is 2. The SMILES string of the molecule is Oc1cc(CCc2ccc(F)cc2)cc2[nH]ccc12. The zero-order valence-corrected chi connectivity index (χ0v) is 10.4. The van der Waals surface area contributed by atoms with Crippen molar-refractivity contribution in [3.8, 4) is 5.75 Å². The summed E-state index contributed by atoms with van der Waals surface area (Å²) in [5.74, 6) is 0.0852. The maximum absolute atomic E-state index is 12.8. The van der Waals surface area contributed by atoms with E-state index in [0.29, 0.717) is 5.75 Å². The fourth-order valence-electron chi connectivity index (χ4n) is 2.29. The van der Waals surface area contributed by atoms with Gasteiger partial charge in [0.15, 0.2) is 0 Å². The van der Waals surface area contributed by atoms with Crippen molar-refractivity contribution >= 4 is 10.9 Å². The van der Waals surface area contributed by atoms with Crippen LogP contribution in [0.1, 0.15) is 11.1 Å². The highest BCUT2D eigenvalue weighted by Gasteiger charge is 2.04. The standard InChI is InChI=1S/C16H14FNO/c17-13-5-3-11(4-6-13)1-2-12-9-15-14(7-8-18-15)16(19)10-12/h3-10,18-19H,1-2H2. The zero-order chi connectivity index (χ0) is 13.2. The molecule has 0 amide bonds. The highest BCUT2D eigenvalue weighted by molar-refractivity contribution is 5.86. The number of rotatable bonds is 3. The van der Waals surface area contributed by atoms with Crippen LogP contribution in [0.25, 0.3) is 10.9 Å². The molecule has 0 atom stereocenters. The molecule has 3 aromatic rings. The van der Waals surface area contributed by atoms with Gasteiger partial charge in [0.2, 0.25) is 0 Å². The maximum Gasteiger partial charge on any atom is 0.125 e. The third-order valence-electron chi connectivity index (χ3n) is 3.32. The van der Waals surface area contributed by atoms with Crippen molar-refractivity contribution in [2.45, 2.75) is 12.8 Å². The van der Waals surface area contributed by atoms with E-state index in [-0.39, 0.29) is 5.82 Å². The summed E-state index contributed by atoms with van der Waals surface area (Å²) in [4.78, 5) is 3.10. The van der Waals surface area contributed by atoms with Gasteiger partial charge >= 0.3 is 0 Å². The van der Waals surface area contributed by atoms with E-state index in [1.54, 1.807) is 18.2 Å². The van der Waals surface area contributed by atoms with Gasteiger partial charge in [-0.15, -0.1) is 0 Å². The smallest absolute Gasteiger partial charge is 0.125 e. The molecule has 0 aliphatic rings. The summed E-state index contributed by atoms with van der Waals surface area (Å²) in [6.07, 6.45) is 3.45. The molecule has 0 aliphatic heterocycles. The van der Waals surface area contributed by atoms with Crippen LogP contribution in [0.5, 0.6) is 5.75 Å². The molecule has 3 rings (SSSR count). The fraction of sp³-hybridized carbons (Fsp3) is 0.125. The monoisotopic (exact) mass is 255 g/mol. The van der Waals surface area contributed by atoms with E-state index in [2.05, 4.69) is 4.98 Å². The minimum atomic E-state index is -0.214. The summed E-state index contributed by atoms with van der Waals surface area (Å²) in [7, 11) is 0. The topological polar surface area (TPSA) is 36.0 Å². The Kier molecular flexibility index (Phi) is 2.95. The molecule has 0 aliphatic carbocycles. The molecule has 2 aromatic carbocycles. The Morgan fingerprint density at radius 1 is 0.947 bits per heavy atom. The van der Waals surface area contributed by atoms with Crippen molar-refractivity contribution in [3.05, 3.63) is 65.6 Å². The van der Waals surface area contributed by atoms with Gasteiger partial charge in [-0.1, -0.05) is 12.1 Å². The number of aromatic amines is 1. The number of hydrogen-bond acceptors (Lipinski definition) is 1. The van der Waals surface area contributed by atoms with Crippen LogP contribution < -0.4 is 0 Å².